The molecule has 2 aliphatic heterocycles. The van der Waals surface area contributed by atoms with Crippen molar-refractivity contribution in [3.63, 3.8) is 0 Å². The van der Waals surface area contributed by atoms with Gasteiger partial charge in [-0.05, 0) is 30.3 Å². The number of rotatable bonds is 3. The molecule has 4 heterocycles. The Balaban J connectivity index is 0.00000168. The summed E-state index contributed by atoms with van der Waals surface area (Å²) in [4.78, 5) is 2.34. The molecule has 26 heavy (non-hydrogen) atoms. The van der Waals surface area contributed by atoms with Crippen molar-refractivity contribution in [2.75, 3.05) is 13.1 Å². The maximum Gasteiger partial charge on any atom is 0.123 e. The Morgan fingerprint density at radius 3 is 2.77 bits per heavy atom. The average Bonchev–Trinajstić information content (AvgIpc) is 3.33. The Morgan fingerprint density at radius 1 is 1.15 bits per heavy atom. The molecule has 3 aromatic rings. The van der Waals surface area contributed by atoms with Crippen LogP contribution in [0.1, 0.15) is 17.3 Å². The molecule has 1 fully saturated rings. The molecule has 0 saturated carbocycles. The van der Waals surface area contributed by atoms with Gasteiger partial charge in [-0.25, -0.2) is 9.07 Å². The minimum atomic E-state index is -0.258. The van der Waals surface area contributed by atoms with Crippen molar-refractivity contribution in [1.82, 2.24) is 19.9 Å². The first-order chi connectivity index (χ1) is 12.3. The van der Waals surface area contributed by atoms with Gasteiger partial charge >= 0.3 is 0 Å². The largest absolute Gasteiger partial charge is 0.472 e. The van der Waals surface area contributed by atoms with Gasteiger partial charge in [-0.2, -0.15) is 0 Å². The number of furan rings is 1. The maximum atomic E-state index is 13.2. The van der Waals surface area contributed by atoms with E-state index in [2.05, 4.69) is 15.2 Å². The molecule has 1 aromatic carbocycles. The van der Waals surface area contributed by atoms with Gasteiger partial charge in [0.2, 0.25) is 0 Å². The number of halogens is 2. The van der Waals surface area contributed by atoms with Gasteiger partial charge in [0.25, 0.3) is 0 Å². The molecule has 0 unspecified atom stereocenters. The van der Waals surface area contributed by atoms with Crippen LogP contribution < -0.4 is 0 Å². The van der Waals surface area contributed by atoms with E-state index in [1.807, 2.05) is 10.7 Å². The van der Waals surface area contributed by atoms with Gasteiger partial charge < -0.3 is 9.15 Å². The topological polar surface area (TPSA) is 56.3 Å². The van der Waals surface area contributed by atoms with Crippen LogP contribution in [0.25, 0.3) is 11.3 Å². The highest BCUT2D eigenvalue weighted by Crippen LogP contribution is 2.34. The first-order valence-corrected chi connectivity index (χ1v) is 8.33. The van der Waals surface area contributed by atoms with Crippen molar-refractivity contribution >= 4 is 12.4 Å². The van der Waals surface area contributed by atoms with Gasteiger partial charge in [0.1, 0.15) is 11.5 Å². The smallest absolute Gasteiger partial charge is 0.123 e. The third-order valence-electron chi connectivity index (χ3n) is 4.96. The zero-order chi connectivity index (χ0) is 16.8. The summed E-state index contributed by atoms with van der Waals surface area (Å²) < 4.78 is 26.4. The number of nitrogens with zero attached hydrogens (tertiary/aromatic N) is 4. The van der Waals surface area contributed by atoms with Crippen LogP contribution in [-0.4, -0.2) is 39.1 Å². The number of likely N-dealkylation sites (tertiary alicyclic amines) is 1. The van der Waals surface area contributed by atoms with Gasteiger partial charge in [-0.3, -0.25) is 4.90 Å². The number of hydrogen-bond acceptors (Lipinski definition) is 5. The highest BCUT2D eigenvalue weighted by Gasteiger charge is 2.40. The fourth-order valence-electron chi connectivity index (χ4n) is 3.73. The summed E-state index contributed by atoms with van der Waals surface area (Å²) in [7, 11) is 0. The molecule has 0 spiro atoms. The third-order valence-corrected chi connectivity index (χ3v) is 4.96. The lowest BCUT2D eigenvalue weighted by molar-refractivity contribution is -0.00494. The van der Waals surface area contributed by atoms with E-state index >= 15 is 0 Å². The van der Waals surface area contributed by atoms with E-state index in [1.165, 1.54) is 12.1 Å². The van der Waals surface area contributed by atoms with Crippen molar-refractivity contribution in [3.8, 4) is 11.3 Å². The lowest BCUT2D eigenvalue weighted by atomic mass is 10.1. The summed E-state index contributed by atoms with van der Waals surface area (Å²) in [6.07, 6.45) is 3.58. The number of fused-ring (bicyclic) bond motifs is 3. The fraction of sp³-hybridized carbons (Fsp3) is 0.333. The van der Waals surface area contributed by atoms with Gasteiger partial charge in [-0.15, -0.1) is 17.5 Å². The number of ether oxygens (including phenoxy) is 1. The Bertz CT molecular complexity index is 881. The van der Waals surface area contributed by atoms with Gasteiger partial charge in [0, 0.05) is 30.8 Å². The second-order valence-corrected chi connectivity index (χ2v) is 6.58. The van der Waals surface area contributed by atoms with Gasteiger partial charge in [0.15, 0.2) is 0 Å². The van der Waals surface area contributed by atoms with Gasteiger partial charge in [-0.1, -0.05) is 5.21 Å². The van der Waals surface area contributed by atoms with Crippen LogP contribution >= 0.6 is 12.4 Å². The highest BCUT2D eigenvalue weighted by molar-refractivity contribution is 5.85. The predicted molar refractivity (Wildman–Crippen MR) is 94.3 cm³/mol. The number of benzene rings is 1. The minimum absolute atomic E-state index is 0. The van der Waals surface area contributed by atoms with Crippen molar-refractivity contribution < 1.29 is 13.5 Å². The van der Waals surface area contributed by atoms with E-state index in [4.69, 9.17) is 9.15 Å². The first-order valence-electron chi connectivity index (χ1n) is 8.33. The molecule has 0 N–H and O–H groups in total. The Hall–Kier alpha value is -2.22. The van der Waals surface area contributed by atoms with Crippen LogP contribution in [0.2, 0.25) is 0 Å². The third kappa shape index (κ3) is 2.92. The Morgan fingerprint density at radius 2 is 2.00 bits per heavy atom. The van der Waals surface area contributed by atoms with Crippen LogP contribution in [0, 0.1) is 5.82 Å². The second-order valence-electron chi connectivity index (χ2n) is 6.58. The van der Waals surface area contributed by atoms with Crippen molar-refractivity contribution in [2.45, 2.75) is 25.3 Å². The summed E-state index contributed by atoms with van der Waals surface area (Å²) in [6, 6.07) is 8.47. The molecule has 5 rings (SSSR count). The van der Waals surface area contributed by atoms with E-state index < -0.39 is 0 Å². The monoisotopic (exact) mass is 376 g/mol. The molecule has 0 bridgehead atoms. The summed E-state index contributed by atoms with van der Waals surface area (Å²) in [5.41, 5.74) is 3.74. The molecule has 136 valence electrons. The maximum absolute atomic E-state index is 13.2. The minimum Gasteiger partial charge on any atom is -0.472 e. The molecule has 0 aliphatic carbocycles. The van der Waals surface area contributed by atoms with E-state index in [-0.39, 0.29) is 30.4 Å². The lowest BCUT2D eigenvalue weighted by Crippen LogP contribution is -2.32. The predicted octanol–water partition coefficient (Wildman–Crippen LogP) is 3.05. The molecule has 1 saturated heterocycles. The van der Waals surface area contributed by atoms with E-state index in [0.29, 0.717) is 6.61 Å². The molecule has 6 nitrogen and oxygen atoms in total. The van der Waals surface area contributed by atoms with Crippen molar-refractivity contribution in [2.24, 2.45) is 0 Å². The van der Waals surface area contributed by atoms with Crippen molar-refractivity contribution in [3.05, 3.63) is 59.9 Å². The van der Waals surface area contributed by atoms with Gasteiger partial charge in [0.05, 0.1) is 37.0 Å². The molecule has 0 radical (unpaired) electrons. The van der Waals surface area contributed by atoms with E-state index in [9.17, 15) is 4.39 Å². The first kappa shape index (κ1) is 17.2. The molecule has 2 aliphatic rings. The summed E-state index contributed by atoms with van der Waals surface area (Å²) in [5.74, 6) is -0.258. The SMILES string of the molecule is Cl.Fc1ccc(-c2nnn3c2CO[C@@H]2CN(Cc4ccoc4)C[C@@H]23)cc1. The summed E-state index contributed by atoms with van der Waals surface area (Å²) >= 11 is 0. The zero-order valence-electron chi connectivity index (χ0n) is 13.9. The number of hydrogen-bond donors (Lipinski definition) is 0. The molecule has 8 heteroatoms. The van der Waals surface area contributed by atoms with Crippen LogP contribution in [0.4, 0.5) is 4.39 Å². The zero-order valence-corrected chi connectivity index (χ0v) is 14.7. The van der Waals surface area contributed by atoms with Crippen LogP contribution in [0.3, 0.4) is 0 Å². The van der Waals surface area contributed by atoms with Crippen LogP contribution in [0.15, 0.2) is 47.3 Å². The van der Waals surface area contributed by atoms with Crippen LogP contribution in [-0.2, 0) is 17.9 Å². The molecule has 0 amide bonds. The summed E-state index contributed by atoms with van der Waals surface area (Å²) in [6.45, 7) is 3.03. The second kappa shape index (κ2) is 6.83. The molecule has 2 atom stereocenters. The number of aromatic nitrogens is 3. The quantitative estimate of drug-likeness (QED) is 0.703. The Kier molecular flexibility index (Phi) is 4.52. The van der Waals surface area contributed by atoms with E-state index in [0.717, 1.165) is 42.1 Å². The Labute approximate surface area is 156 Å². The summed E-state index contributed by atoms with van der Waals surface area (Å²) in [5, 5.41) is 8.71. The fourth-order valence-corrected chi connectivity index (χ4v) is 3.73. The lowest BCUT2D eigenvalue weighted by Gasteiger charge is -2.26. The van der Waals surface area contributed by atoms with E-state index in [1.54, 1.807) is 24.7 Å². The van der Waals surface area contributed by atoms with Crippen LogP contribution in [0.5, 0.6) is 0 Å². The molecule has 2 aromatic heterocycles. The van der Waals surface area contributed by atoms with Crippen molar-refractivity contribution in [1.29, 1.82) is 0 Å². The highest BCUT2D eigenvalue weighted by atomic mass is 35.5. The average molecular weight is 377 g/mol. The normalized spacial score (nSPS) is 21.9. The molecular weight excluding hydrogens is 359 g/mol. The standard InChI is InChI=1S/C18H17FN4O2.ClH/c19-14-3-1-13(2-4-14)18-16-11-25-17-9-22(7-12-5-6-24-10-12)8-15(17)23(16)21-20-18;/h1-6,10,15,17H,7-9,11H2;1H/t15-,17+;/m0./s1. The molecular formula is C18H18ClFN4O2.